The topological polar surface area (TPSA) is 38.5 Å². The monoisotopic (exact) mass is 248 g/mol. The van der Waals surface area contributed by atoms with Crippen molar-refractivity contribution in [1.82, 2.24) is 0 Å². The predicted octanol–water partition coefficient (Wildman–Crippen LogP) is 2.40. The Balaban J connectivity index is 3.04. The van der Waals surface area contributed by atoms with E-state index in [-0.39, 0.29) is 0 Å². The molecule has 0 fully saturated rings. The zero-order valence-corrected chi connectivity index (χ0v) is 10.3. The van der Waals surface area contributed by atoms with Gasteiger partial charge in [-0.05, 0) is 6.07 Å². The number of nitrogens with zero attached hydrogens (tertiary/aromatic N) is 1. The molecule has 3 nitrogen and oxygen atoms in total. The molecule has 15 heavy (non-hydrogen) atoms. The van der Waals surface area contributed by atoms with Crippen LogP contribution in [-0.4, -0.2) is 27.2 Å². The number of likely N-dealkylation sites (N-methyl/N-ethyl adjacent to an activating group) is 1. The fourth-order valence-corrected chi connectivity index (χ4v) is 1.81. The van der Waals surface area contributed by atoms with Crippen LogP contribution in [-0.2, 0) is 0 Å². The highest BCUT2D eigenvalue weighted by atomic mass is 35.5. The summed E-state index contributed by atoms with van der Waals surface area (Å²) < 4.78 is 5.06. The van der Waals surface area contributed by atoms with E-state index >= 15 is 0 Å². The third-order valence-corrected chi connectivity index (χ3v) is 2.70. The minimum atomic E-state index is 0.542. The second-order valence-electron chi connectivity index (χ2n) is 3.15. The Morgan fingerprint density at radius 2 is 2.00 bits per heavy atom. The summed E-state index contributed by atoms with van der Waals surface area (Å²) in [7, 11) is 3.47. The molecule has 0 atom stereocenters. The highest BCUT2D eigenvalue weighted by Crippen LogP contribution is 2.35. The zero-order valence-electron chi connectivity index (χ0n) is 8.76. The van der Waals surface area contributed by atoms with E-state index in [1.165, 1.54) is 0 Å². The number of ether oxygens (including phenoxy) is 1. The minimum absolute atomic E-state index is 0.542. The molecule has 0 bridgehead atoms. The Bertz CT molecular complexity index is 344. The number of methoxy groups -OCH3 is 1. The third kappa shape index (κ3) is 2.91. The summed E-state index contributed by atoms with van der Waals surface area (Å²) in [5, 5.41) is 1.15. The highest BCUT2D eigenvalue weighted by Gasteiger charge is 2.10. The van der Waals surface area contributed by atoms with Crippen LogP contribution < -0.4 is 15.4 Å². The maximum absolute atomic E-state index is 6.09. The highest BCUT2D eigenvalue weighted by molar-refractivity contribution is 6.36. The molecule has 1 aromatic carbocycles. The molecule has 2 N–H and O–H groups in total. The Hall–Kier alpha value is -0.640. The Labute approximate surface area is 99.7 Å². The number of nitrogens with two attached hydrogens (primary N) is 1. The molecular weight excluding hydrogens is 235 g/mol. The third-order valence-electron chi connectivity index (χ3n) is 2.10. The van der Waals surface area contributed by atoms with Gasteiger partial charge in [-0.2, -0.15) is 0 Å². The van der Waals surface area contributed by atoms with E-state index in [1.54, 1.807) is 19.2 Å². The number of hydrogen-bond acceptors (Lipinski definition) is 3. The molecular formula is C10H14Cl2N2O. The molecule has 1 aromatic rings. The first kappa shape index (κ1) is 12.4. The summed E-state index contributed by atoms with van der Waals surface area (Å²) in [6, 6.07) is 3.48. The van der Waals surface area contributed by atoms with Crippen molar-refractivity contribution in [2.75, 3.05) is 32.1 Å². The molecule has 0 spiro atoms. The van der Waals surface area contributed by atoms with Gasteiger partial charge in [0.25, 0.3) is 0 Å². The number of anilines is 1. The fourth-order valence-electron chi connectivity index (χ4n) is 1.28. The molecule has 0 amide bonds. The number of halogens is 2. The quantitative estimate of drug-likeness (QED) is 0.890. The first-order chi connectivity index (χ1) is 7.10. The van der Waals surface area contributed by atoms with Gasteiger partial charge in [0.1, 0.15) is 5.75 Å². The molecule has 1 rings (SSSR count). The van der Waals surface area contributed by atoms with E-state index in [2.05, 4.69) is 0 Å². The molecule has 0 saturated heterocycles. The second kappa shape index (κ2) is 5.45. The van der Waals surface area contributed by atoms with Crippen LogP contribution in [0.3, 0.4) is 0 Å². The fraction of sp³-hybridized carbons (Fsp3) is 0.400. The maximum atomic E-state index is 6.09. The summed E-state index contributed by atoms with van der Waals surface area (Å²) >= 11 is 12.1. The number of hydrogen-bond donors (Lipinski definition) is 1. The van der Waals surface area contributed by atoms with Gasteiger partial charge in [0.15, 0.2) is 0 Å². The predicted molar refractivity (Wildman–Crippen MR) is 65.3 cm³/mol. The van der Waals surface area contributed by atoms with Crippen molar-refractivity contribution in [3.8, 4) is 5.75 Å². The van der Waals surface area contributed by atoms with E-state index in [0.29, 0.717) is 22.3 Å². The molecule has 0 aliphatic heterocycles. The molecule has 0 aromatic heterocycles. The van der Waals surface area contributed by atoms with Gasteiger partial charge in [-0.1, -0.05) is 23.2 Å². The lowest BCUT2D eigenvalue weighted by atomic mass is 10.2. The van der Waals surface area contributed by atoms with Gasteiger partial charge in [0.2, 0.25) is 0 Å². The van der Waals surface area contributed by atoms with Gasteiger partial charge in [-0.15, -0.1) is 0 Å². The number of benzene rings is 1. The average molecular weight is 249 g/mol. The number of rotatable bonds is 4. The largest absolute Gasteiger partial charge is 0.495 e. The van der Waals surface area contributed by atoms with Crippen LogP contribution in [0, 0.1) is 0 Å². The maximum Gasteiger partial charge on any atom is 0.139 e. The molecule has 84 valence electrons. The van der Waals surface area contributed by atoms with E-state index < -0.39 is 0 Å². The molecule has 5 heteroatoms. The normalized spacial score (nSPS) is 10.2. The zero-order chi connectivity index (χ0) is 11.4. The summed E-state index contributed by atoms with van der Waals surface area (Å²) in [6.07, 6.45) is 0. The van der Waals surface area contributed by atoms with Crippen LogP contribution >= 0.6 is 23.2 Å². The average Bonchev–Trinajstić information content (AvgIpc) is 2.21. The van der Waals surface area contributed by atoms with Crippen LogP contribution in [0.5, 0.6) is 5.75 Å². The molecule has 0 saturated carbocycles. The van der Waals surface area contributed by atoms with Gasteiger partial charge in [0, 0.05) is 26.2 Å². The van der Waals surface area contributed by atoms with Crippen molar-refractivity contribution < 1.29 is 4.74 Å². The van der Waals surface area contributed by atoms with Crippen molar-refractivity contribution in [3.05, 3.63) is 22.2 Å². The van der Waals surface area contributed by atoms with Gasteiger partial charge in [-0.25, -0.2) is 0 Å². The van der Waals surface area contributed by atoms with E-state index in [0.717, 1.165) is 12.2 Å². The molecule has 0 heterocycles. The minimum Gasteiger partial charge on any atom is -0.495 e. The van der Waals surface area contributed by atoms with Crippen molar-refractivity contribution in [2.24, 2.45) is 5.73 Å². The van der Waals surface area contributed by atoms with Crippen molar-refractivity contribution >= 4 is 28.9 Å². The Morgan fingerprint density at radius 3 is 2.53 bits per heavy atom. The first-order valence-electron chi connectivity index (χ1n) is 4.54. The second-order valence-corrected chi connectivity index (χ2v) is 3.96. The molecule has 0 aliphatic rings. The SMILES string of the molecule is COc1cc(Cl)c(N(C)CCN)cc1Cl. The van der Waals surface area contributed by atoms with E-state index in [4.69, 9.17) is 33.7 Å². The van der Waals surface area contributed by atoms with Crippen LogP contribution in [0.1, 0.15) is 0 Å². The lowest BCUT2D eigenvalue weighted by molar-refractivity contribution is 0.415. The molecule has 0 unspecified atom stereocenters. The molecule has 0 aliphatic carbocycles. The lowest BCUT2D eigenvalue weighted by Crippen LogP contribution is -2.25. The van der Waals surface area contributed by atoms with Crippen LogP contribution in [0.2, 0.25) is 10.0 Å². The van der Waals surface area contributed by atoms with Crippen LogP contribution in [0.4, 0.5) is 5.69 Å². The Morgan fingerprint density at radius 1 is 1.33 bits per heavy atom. The standard InChI is InChI=1S/C10H14Cl2N2O/c1-14(4-3-13)9-5-8(12)10(15-2)6-7(9)11/h5-6H,3-4,13H2,1-2H3. The van der Waals surface area contributed by atoms with Gasteiger partial charge in [0.05, 0.1) is 22.8 Å². The smallest absolute Gasteiger partial charge is 0.139 e. The van der Waals surface area contributed by atoms with Crippen molar-refractivity contribution in [2.45, 2.75) is 0 Å². The Kier molecular flexibility index (Phi) is 4.51. The summed E-state index contributed by atoms with van der Waals surface area (Å²) in [6.45, 7) is 1.29. The van der Waals surface area contributed by atoms with Crippen molar-refractivity contribution in [1.29, 1.82) is 0 Å². The lowest BCUT2D eigenvalue weighted by Gasteiger charge is -2.20. The van der Waals surface area contributed by atoms with Crippen LogP contribution in [0.15, 0.2) is 12.1 Å². The first-order valence-corrected chi connectivity index (χ1v) is 5.30. The summed E-state index contributed by atoms with van der Waals surface area (Å²) in [5.74, 6) is 0.576. The van der Waals surface area contributed by atoms with E-state index in [1.807, 2.05) is 11.9 Å². The van der Waals surface area contributed by atoms with Crippen LogP contribution in [0.25, 0.3) is 0 Å². The molecule has 0 radical (unpaired) electrons. The van der Waals surface area contributed by atoms with Crippen molar-refractivity contribution in [3.63, 3.8) is 0 Å². The van der Waals surface area contributed by atoms with E-state index in [9.17, 15) is 0 Å². The van der Waals surface area contributed by atoms with Gasteiger partial charge in [-0.3, -0.25) is 0 Å². The van der Waals surface area contributed by atoms with Gasteiger partial charge >= 0.3 is 0 Å². The van der Waals surface area contributed by atoms with Gasteiger partial charge < -0.3 is 15.4 Å². The summed E-state index contributed by atoms with van der Waals surface area (Å²) in [4.78, 5) is 1.95. The summed E-state index contributed by atoms with van der Waals surface area (Å²) in [5.41, 5.74) is 6.32.